The van der Waals surface area contributed by atoms with E-state index in [1.807, 2.05) is 12.1 Å². The van der Waals surface area contributed by atoms with Gasteiger partial charge in [-0.25, -0.2) is 0 Å². The molecule has 0 aliphatic heterocycles. The van der Waals surface area contributed by atoms with E-state index in [2.05, 4.69) is 57.1 Å². The number of nitrogens with one attached hydrogen (secondary N) is 1. The van der Waals surface area contributed by atoms with Crippen LogP contribution in [0.4, 0.5) is 0 Å². The Hall–Kier alpha value is -0.0700. The van der Waals surface area contributed by atoms with E-state index < -0.39 is 0 Å². The molecule has 1 heterocycles. The molecule has 0 radical (unpaired) electrons. The quantitative estimate of drug-likeness (QED) is 0.605. The lowest BCUT2D eigenvalue weighted by Crippen LogP contribution is -2.21. The molecule has 21 heavy (non-hydrogen) atoms. The molecular formula is C15H16Br2ClNOS. The lowest BCUT2D eigenvalue weighted by Gasteiger charge is -2.21. The van der Waals surface area contributed by atoms with Gasteiger partial charge in [0, 0.05) is 15.5 Å². The highest BCUT2D eigenvalue weighted by Crippen LogP contribution is 2.41. The lowest BCUT2D eigenvalue weighted by atomic mass is 10.0. The first-order chi connectivity index (χ1) is 9.97. The topological polar surface area (TPSA) is 21.3 Å². The number of thiophene rings is 1. The second-order valence-electron chi connectivity index (χ2n) is 4.61. The van der Waals surface area contributed by atoms with Crippen LogP contribution in [0.15, 0.2) is 26.5 Å². The molecule has 0 aliphatic carbocycles. The van der Waals surface area contributed by atoms with Gasteiger partial charge in [0.25, 0.3) is 0 Å². The number of halogens is 3. The van der Waals surface area contributed by atoms with Gasteiger partial charge < -0.3 is 10.1 Å². The largest absolute Gasteiger partial charge is 0.495 e. The molecule has 2 aromatic rings. The van der Waals surface area contributed by atoms with Gasteiger partial charge in [0.1, 0.15) is 5.75 Å². The minimum absolute atomic E-state index is 0.0509. The van der Waals surface area contributed by atoms with Crippen molar-refractivity contribution < 1.29 is 4.74 Å². The van der Waals surface area contributed by atoms with Crippen LogP contribution in [0.2, 0.25) is 5.02 Å². The summed E-state index contributed by atoms with van der Waals surface area (Å²) in [7, 11) is 1.68. The molecule has 114 valence electrons. The molecule has 0 saturated heterocycles. The van der Waals surface area contributed by atoms with Crippen LogP contribution in [-0.4, -0.2) is 13.7 Å². The standard InChI is InChI=1S/C15H16Br2ClNOS/c1-4-19-13(12-5-8(2)15(17)21-12)10-6-9(18)7-11(16)14(10)20-3/h5-7,13,19H,4H2,1-3H3. The van der Waals surface area contributed by atoms with Crippen LogP contribution in [0.1, 0.15) is 29.0 Å². The summed E-state index contributed by atoms with van der Waals surface area (Å²) in [6, 6.07) is 6.05. The number of hydrogen-bond donors (Lipinski definition) is 1. The fraction of sp³-hybridized carbons (Fsp3) is 0.333. The predicted octanol–water partition coefficient (Wildman–Crippen LogP) is 5.94. The van der Waals surface area contributed by atoms with Gasteiger partial charge in [-0.3, -0.25) is 0 Å². The van der Waals surface area contributed by atoms with Gasteiger partial charge in [0.2, 0.25) is 0 Å². The highest BCUT2D eigenvalue weighted by atomic mass is 79.9. The number of benzene rings is 1. The van der Waals surface area contributed by atoms with Gasteiger partial charge >= 0.3 is 0 Å². The maximum absolute atomic E-state index is 6.23. The van der Waals surface area contributed by atoms with Gasteiger partial charge in [-0.1, -0.05) is 18.5 Å². The zero-order valence-corrected chi connectivity index (χ0v) is 16.7. The third kappa shape index (κ3) is 3.82. The molecule has 1 unspecified atom stereocenters. The van der Waals surface area contributed by atoms with Crippen LogP contribution in [0.5, 0.6) is 5.75 Å². The van der Waals surface area contributed by atoms with E-state index in [0.29, 0.717) is 5.02 Å². The molecule has 2 nitrogen and oxygen atoms in total. The Morgan fingerprint density at radius 1 is 1.33 bits per heavy atom. The summed E-state index contributed by atoms with van der Waals surface area (Å²) in [4.78, 5) is 1.23. The maximum atomic E-state index is 6.23. The minimum Gasteiger partial charge on any atom is -0.495 e. The fourth-order valence-corrected chi connectivity index (χ4v) is 4.87. The zero-order chi connectivity index (χ0) is 15.6. The van der Waals surface area contributed by atoms with E-state index in [9.17, 15) is 0 Å². The van der Waals surface area contributed by atoms with E-state index >= 15 is 0 Å². The summed E-state index contributed by atoms with van der Waals surface area (Å²) in [5.41, 5.74) is 2.27. The van der Waals surface area contributed by atoms with Crippen LogP contribution in [0.3, 0.4) is 0 Å². The fourth-order valence-electron chi connectivity index (χ4n) is 2.20. The van der Waals surface area contributed by atoms with Crippen LogP contribution in [0, 0.1) is 6.92 Å². The van der Waals surface area contributed by atoms with Gasteiger partial charge in [-0.05, 0) is 69.1 Å². The maximum Gasteiger partial charge on any atom is 0.138 e. The minimum atomic E-state index is 0.0509. The molecule has 1 aromatic carbocycles. The van der Waals surface area contributed by atoms with E-state index in [4.69, 9.17) is 16.3 Å². The molecule has 0 amide bonds. The summed E-state index contributed by atoms with van der Waals surface area (Å²) >= 11 is 15.1. The number of rotatable bonds is 5. The monoisotopic (exact) mass is 451 g/mol. The Morgan fingerprint density at radius 2 is 2.05 bits per heavy atom. The van der Waals surface area contributed by atoms with Crippen molar-refractivity contribution in [2.24, 2.45) is 0 Å². The van der Waals surface area contributed by atoms with Crippen LogP contribution >= 0.6 is 54.8 Å². The average Bonchev–Trinajstić information content (AvgIpc) is 2.75. The zero-order valence-electron chi connectivity index (χ0n) is 12.0. The normalized spacial score (nSPS) is 12.5. The first kappa shape index (κ1) is 17.3. The Kier molecular flexibility index (Phi) is 6.15. The van der Waals surface area contributed by atoms with Gasteiger partial charge in [0.05, 0.1) is 21.4 Å². The second-order valence-corrected chi connectivity index (χ2v) is 8.30. The van der Waals surface area contributed by atoms with Crippen molar-refractivity contribution in [1.29, 1.82) is 0 Å². The van der Waals surface area contributed by atoms with E-state index in [1.165, 1.54) is 10.4 Å². The SMILES string of the molecule is CCNC(c1cc(C)c(Br)s1)c1cc(Cl)cc(Br)c1OC. The summed E-state index contributed by atoms with van der Waals surface area (Å²) in [5.74, 6) is 0.813. The molecule has 0 fully saturated rings. The highest BCUT2D eigenvalue weighted by Gasteiger charge is 2.22. The number of hydrogen-bond acceptors (Lipinski definition) is 3. The molecule has 0 bridgehead atoms. The van der Waals surface area contributed by atoms with E-state index in [-0.39, 0.29) is 6.04 Å². The van der Waals surface area contributed by atoms with E-state index in [0.717, 1.165) is 26.1 Å². The molecule has 0 saturated carbocycles. The number of ether oxygens (including phenoxy) is 1. The Balaban J connectivity index is 2.57. The van der Waals surface area contributed by atoms with Crippen molar-refractivity contribution in [2.75, 3.05) is 13.7 Å². The second kappa shape index (κ2) is 7.47. The molecule has 1 atom stereocenters. The molecule has 0 spiro atoms. The lowest BCUT2D eigenvalue weighted by molar-refractivity contribution is 0.402. The molecule has 1 N–H and O–H groups in total. The Morgan fingerprint density at radius 3 is 2.57 bits per heavy atom. The Bertz CT molecular complexity index is 625. The van der Waals surface area contributed by atoms with Crippen LogP contribution in [-0.2, 0) is 0 Å². The van der Waals surface area contributed by atoms with Crippen molar-refractivity contribution in [3.05, 3.63) is 47.5 Å². The molecule has 1 aromatic heterocycles. The summed E-state index contributed by atoms with van der Waals surface area (Å²) in [6.45, 7) is 5.04. The van der Waals surface area contributed by atoms with Crippen molar-refractivity contribution in [2.45, 2.75) is 19.9 Å². The van der Waals surface area contributed by atoms with Crippen molar-refractivity contribution in [1.82, 2.24) is 5.32 Å². The first-order valence-electron chi connectivity index (χ1n) is 6.50. The van der Waals surface area contributed by atoms with Gasteiger partial charge in [0.15, 0.2) is 0 Å². The first-order valence-corrected chi connectivity index (χ1v) is 9.28. The van der Waals surface area contributed by atoms with Crippen LogP contribution in [0.25, 0.3) is 0 Å². The van der Waals surface area contributed by atoms with Crippen molar-refractivity contribution >= 4 is 54.8 Å². The van der Waals surface area contributed by atoms with Gasteiger partial charge in [-0.2, -0.15) is 0 Å². The summed E-state index contributed by atoms with van der Waals surface area (Å²) in [6.07, 6.45) is 0. The molecule has 2 rings (SSSR count). The molecule has 6 heteroatoms. The average molecular weight is 454 g/mol. The predicted molar refractivity (Wildman–Crippen MR) is 98.0 cm³/mol. The third-order valence-electron chi connectivity index (χ3n) is 3.12. The third-order valence-corrected chi connectivity index (χ3v) is 6.13. The molecular weight excluding hydrogens is 437 g/mol. The molecule has 0 aliphatic rings. The summed E-state index contributed by atoms with van der Waals surface area (Å²) in [5, 5.41) is 4.20. The van der Waals surface area contributed by atoms with E-state index in [1.54, 1.807) is 18.4 Å². The van der Waals surface area contributed by atoms with Crippen molar-refractivity contribution in [3.8, 4) is 5.75 Å². The van der Waals surface area contributed by atoms with Crippen LogP contribution < -0.4 is 10.1 Å². The van der Waals surface area contributed by atoms with Crippen molar-refractivity contribution in [3.63, 3.8) is 0 Å². The smallest absolute Gasteiger partial charge is 0.138 e. The van der Waals surface area contributed by atoms with Gasteiger partial charge in [-0.15, -0.1) is 11.3 Å². The Labute approximate surface area is 151 Å². The highest BCUT2D eigenvalue weighted by molar-refractivity contribution is 9.11. The number of aryl methyl sites for hydroxylation is 1. The summed E-state index contributed by atoms with van der Waals surface area (Å²) < 4.78 is 7.58. The number of methoxy groups -OCH3 is 1.